The van der Waals surface area contributed by atoms with Crippen molar-refractivity contribution in [2.24, 2.45) is 0 Å². The highest BCUT2D eigenvalue weighted by Crippen LogP contribution is 2.32. The molecule has 3 aromatic rings. The molecule has 0 aliphatic carbocycles. The summed E-state index contributed by atoms with van der Waals surface area (Å²) in [6, 6.07) is 7.45. The number of pyridine rings is 1. The average Bonchev–Trinajstić information content (AvgIpc) is 2.95. The van der Waals surface area contributed by atoms with Crippen LogP contribution in [0.4, 0.5) is 0 Å². The Morgan fingerprint density at radius 3 is 2.52 bits per heavy atom. The molecule has 0 radical (unpaired) electrons. The van der Waals surface area contributed by atoms with E-state index in [0.717, 1.165) is 27.5 Å². The highest BCUT2D eigenvalue weighted by atomic mass is 16.6. The second-order valence-electron chi connectivity index (χ2n) is 5.96. The second kappa shape index (κ2) is 8.07. The van der Waals surface area contributed by atoms with Crippen LogP contribution in [0.15, 0.2) is 30.5 Å². The molecule has 7 nitrogen and oxygen atoms in total. The topological polar surface area (TPSA) is 79.7 Å². The molecule has 0 atom stereocenters. The van der Waals surface area contributed by atoms with Gasteiger partial charge in [-0.15, -0.1) is 0 Å². The van der Waals surface area contributed by atoms with Crippen molar-refractivity contribution in [3.63, 3.8) is 0 Å². The number of aryl methyl sites for hydroxylation is 1. The molecule has 2 aromatic heterocycles. The fourth-order valence-corrected chi connectivity index (χ4v) is 3.13. The molecule has 0 bridgehead atoms. The minimum atomic E-state index is -0.426. The van der Waals surface area contributed by atoms with Crippen molar-refractivity contribution >= 4 is 33.7 Å². The quantitative estimate of drug-likeness (QED) is 0.595. The van der Waals surface area contributed by atoms with Crippen LogP contribution in [-0.4, -0.2) is 41.3 Å². The van der Waals surface area contributed by atoms with Crippen LogP contribution in [0.2, 0.25) is 0 Å². The summed E-state index contributed by atoms with van der Waals surface area (Å²) in [5, 5.41) is 1.97. The molecular weight excluding hydrogens is 348 g/mol. The Morgan fingerprint density at radius 2 is 1.78 bits per heavy atom. The highest BCUT2D eigenvalue weighted by molar-refractivity contribution is 6.09. The molecule has 0 spiro atoms. The van der Waals surface area contributed by atoms with Crippen molar-refractivity contribution in [2.75, 3.05) is 19.8 Å². The molecule has 1 aromatic carbocycles. The van der Waals surface area contributed by atoms with E-state index in [1.54, 1.807) is 26.1 Å². The van der Waals surface area contributed by atoms with E-state index in [1.165, 1.54) is 0 Å². The SMILES string of the molecule is CCOC(=O)COc1ccc2c3ccnc(C)c3n(CC(=O)OCC)c2c1. The van der Waals surface area contributed by atoms with Gasteiger partial charge in [-0.05, 0) is 39.0 Å². The van der Waals surface area contributed by atoms with Crippen LogP contribution in [0.5, 0.6) is 5.75 Å². The minimum Gasteiger partial charge on any atom is -0.482 e. The van der Waals surface area contributed by atoms with Crippen molar-refractivity contribution in [1.29, 1.82) is 0 Å². The minimum absolute atomic E-state index is 0.0711. The molecule has 142 valence electrons. The average molecular weight is 370 g/mol. The summed E-state index contributed by atoms with van der Waals surface area (Å²) in [7, 11) is 0. The molecule has 0 aliphatic heterocycles. The van der Waals surface area contributed by atoms with Gasteiger partial charge in [0.2, 0.25) is 0 Å². The van der Waals surface area contributed by atoms with E-state index in [1.807, 2.05) is 29.7 Å². The zero-order valence-electron chi connectivity index (χ0n) is 15.7. The zero-order valence-corrected chi connectivity index (χ0v) is 15.7. The van der Waals surface area contributed by atoms with Crippen molar-refractivity contribution in [1.82, 2.24) is 9.55 Å². The number of hydrogen-bond acceptors (Lipinski definition) is 6. The Bertz CT molecular complexity index is 993. The van der Waals surface area contributed by atoms with Crippen LogP contribution < -0.4 is 4.74 Å². The van der Waals surface area contributed by atoms with Crippen LogP contribution in [0.3, 0.4) is 0 Å². The molecule has 0 aliphatic rings. The van der Waals surface area contributed by atoms with Gasteiger partial charge in [-0.1, -0.05) is 0 Å². The van der Waals surface area contributed by atoms with Gasteiger partial charge in [-0.3, -0.25) is 9.78 Å². The number of carbonyl (C=O) groups excluding carboxylic acids is 2. The van der Waals surface area contributed by atoms with E-state index < -0.39 is 5.97 Å². The van der Waals surface area contributed by atoms with Crippen LogP contribution in [0, 0.1) is 6.92 Å². The van der Waals surface area contributed by atoms with Crippen molar-refractivity contribution in [3.05, 3.63) is 36.2 Å². The number of carbonyl (C=O) groups is 2. The molecule has 27 heavy (non-hydrogen) atoms. The molecule has 0 fully saturated rings. The Labute approximate surface area is 156 Å². The Morgan fingerprint density at radius 1 is 1.04 bits per heavy atom. The summed E-state index contributed by atoms with van der Waals surface area (Å²) >= 11 is 0. The van der Waals surface area contributed by atoms with Crippen LogP contribution in [-0.2, 0) is 25.6 Å². The third-order valence-corrected chi connectivity index (χ3v) is 4.18. The maximum absolute atomic E-state index is 12.1. The summed E-state index contributed by atoms with van der Waals surface area (Å²) in [6.07, 6.45) is 1.75. The Balaban J connectivity index is 2.05. The number of benzene rings is 1. The standard InChI is InChI=1S/C20H22N2O5/c1-4-25-18(23)11-22-17-10-14(27-12-19(24)26-5-2)6-7-15(17)16-8-9-21-13(3)20(16)22/h6-10H,4-5,11-12H2,1-3H3. The monoisotopic (exact) mass is 370 g/mol. The number of rotatable bonds is 7. The summed E-state index contributed by atoms with van der Waals surface area (Å²) in [6.45, 7) is 5.95. The lowest BCUT2D eigenvalue weighted by molar-refractivity contribution is -0.145. The molecule has 0 saturated carbocycles. The number of hydrogen-bond donors (Lipinski definition) is 0. The first kappa shape index (κ1) is 18.7. The van der Waals surface area contributed by atoms with Crippen molar-refractivity contribution < 1.29 is 23.8 Å². The second-order valence-corrected chi connectivity index (χ2v) is 5.96. The lowest BCUT2D eigenvalue weighted by atomic mass is 10.1. The van der Waals surface area contributed by atoms with Gasteiger partial charge < -0.3 is 18.8 Å². The van der Waals surface area contributed by atoms with Gasteiger partial charge in [0.05, 0.1) is 29.9 Å². The number of ether oxygens (including phenoxy) is 3. The van der Waals surface area contributed by atoms with Crippen LogP contribution >= 0.6 is 0 Å². The highest BCUT2D eigenvalue weighted by Gasteiger charge is 2.17. The third-order valence-electron chi connectivity index (χ3n) is 4.18. The predicted octanol–water partition coefficient (Wildman–Crippen LogP) is 3.00. The largest absolute Gasteiger partial charge is 0.482 e. The molecular formula is C20H22N2O5. The van der Waals surface area contributed by atoms with E-state index in [-0.39, 0.29) is 19.1 Å². The number of esters is 2. The molecule has 0 unspecified atom stereocenters. The first-order chi connectivity index (χ1) is 13.0. The van der Waals surface area contributed by atoms with Gasteiger partial charge in [-0.2, -0.15) is 0 Å². The van der Waals surface area contributed by atoms with E-state index in [4.69, 9.17) is 14.2 Å². The normalized spacial score (nSPS) is 10.9. The Kier molecular flexibility index (Phi) is 5.59. The first-order valence-electron chi connectivity index (χ1n) is 8.86. The lowest BCUT2D eigenvalue weighted by Crippen LogP contribution is -2.15. The van der Waals surface area contributed by atoms with E-state index in [0.29, 0.717) is 19.0 Å². The maximum Gasteiger partial charge on any atom is 0.344 e. The summed E-state index contributed by atoms with van der Waals surface area (Å²) in [5.41, 5.74) is 2.51. The van der Waals surface area contributed by atoms with E-state index >= 15 is 0 Å². The lowest BCUT2D eigenvalue weighted by Gasteiger charge is -2.09. The first-order valence-corrected chi connectivity index (χ1v) is 8.86. The molecule has 2 heterocycles. The summed E-state index contributed by atoms with van der Waals surface area (Å²) < 4.78 is 17.4. The smallest absolute Gasteiger partial charge is 0.344 e. The molecule has 0 amide bonds. The molecule has 0 N–H and O–H groups in total. The van der Waals surface area contributed by atoms with E-state index in [2.05, 4.69) is 4.98 Å². The van der Waals surface area contributed by atoms with E-state index in [9.17, 15) is 9.59 Å². The number of aromatic nitrogens is 2. The van der Waals surface area contributed by atoms with Gasteiger partial charge in [0, 0.05) is 23.0 Å². The molecule has 7 heteroatoms. The maximum atomic E-state index is 12.1. The number of nitrogens with zero attached hydrogens (tertiary/aromatic N) is 2. The summed E-state index contributed by atoms with van der Waals surface area (Å²) in [4.78, 5) is 28.0. The van der Waals surface area contributed by atoms with Gasteiger partial charge in [-0.25, -0.2) is 4.79 Å². The fourth-order valence-electron chi connectivity index (χ4n) is 3.13. The van der Waals surface area contributed by atoms with Gasteiger partial charge in [0.1, 0.15) is 12.3 Å². The Hall–Kier alpha value is -3.09. The molecule has 3 rings (SSSR count). The van der Waals surface area contributed by atoms with Gasteiger partial charge in [0.25, 0.3) is 0 Å². The predicted molar refractivity (Wildman–Crippen MR) is 101 cm³/mol. The van der Waals surface area contributed by atoms with Crippen molar-refractivity contribution in [2.45, 2.75) is 27.3 Å². The van der Waals surface area contributed by atoms with Gasteiger partial charge >= 0.3 is 11.9 Å². The van der Waals surface area contributed by atoms with Crippen molar-refractivity contribution in [3.8, 4) is 5.75 Å². The van der Waals surface area contributed by atoms with Crippen LogP contribution in [0.25, 0.3) is 21.8 Å². The number of fused-ring (bicyclic) bond motifs is 3. The third kappa shape index (κ3) is 3.86. The van der Waals surface area contributed by atoms with Gasteiger partial charge in [0.15, 0.2) is 6.61 Å². The van der Waals surface area contributed by atoms with Crippen LogP contribution in [0.1, 0.15) is 19.5 Å². The fraction of sp³-hybridized carbons (Fsp3) is 0.350. The summed E-state index contributed by atoms with van der Waals surface area (Å²) in [5.74, 6) is -0.226. The zero-order chi connectivity index (χ0) is 19.4. The molecule has 0 saturated heterocycles.